The number of hydrogen-bond acceptors (Lipinski definition) is 4. The molecule has 1 amide bonds. The van der Waals surface area contributed by atoms with E-state index < -0.39 is 15.9 Å². The summed E-state index contributed by atoms with van der Waals surface area (Å²) < 4.78 is 26.5. The molecule has 0 aliphatic carbocycles. The molecule has 109 valence electrons. The van der Waals surface area contributed by atoms with Gasteiger partial charge in [-0.2, -0.15) is 22.6 Å². The number of sulfonamides is 1. The van der Waals surface area contributed by atoms with E-state index in [1.54, 1.807) is 14.1 Å². The van der Waals surface area contributed by atoms with Crippen LogP contribution in [0.2, 0.25) is 0 Å². The zero-order valence-electron chi connectivity index (χ0n) is 11.4. The molecule has 0 bridgehead atoms. The number of carbonyl (C=O) groups excluding carboxylic acids is 1. The van der Waals surface area contributed by atoms with E-state index in [2.05, 4.69) is 10.5 Å². The summed E-state index contributed by atoms with van der Waals surface area (Å²) in [7, 11) is -0.542. The standard InChI is InChI=1S/C9H11N2O3S.C2H5NO.Y/c1-11(2)7-10-15(13,14)9-6-4-3-5-8(9)12;1-2(3)4;/h3,5-7,12H,1-2H3;1H3,(H2,3,4);/q-1;;/p-1/b10-7+;;. The summed E-state index contributed by atoms with van der Waals surface area (Å²) in [5, 5.41) is 9.32. The van der Waals surface area contributed by atoms with Gasteiger partial charge in [-0.25, -0.2) is 8.42 Å². The number of phenols is 1. The Morgan fingerprint density at radius 3 is 2.40 bits per heavy atom. The second-order valence-electron chi connectivity index (χ2n) is 3.61. The molecule has 0 heterocycles. The van der Waals surface area contributed by atoms with Crippen LogP contribution in [0.4, 0.5) is 0 Å². The minimum absolute atomic E-state index is 0. The van der Waals surface area contributed by atoms with E-state index in [0.29, 0.717) is 0 Å². The van der Waals surface area contributed by atoms with E-state index in [9.17, 15) is 13.5 Å². The van der Waals surface area contributed by atoms with E-state index in [-0.39, 0.29) is 43.4 Å². The topological polar surface area (TPSA) is 111 Å². The van der Waals surface area contributed by atoms with E-state index in [0.717, 1.165) is 6.34 Å². The van der Waals surface area contributed by atoms with Crippen LogP contribution in [0.3, 0.4) is 0 Å². The quantitative estimate of drug-likeness (QED) is 0.483. The van der Waals surface area contributed by atoms with Gasteiger partial charge in [-0.3, -0.25) is 0 Å². The Bertz CT molecular complexity index is 555. The van der Waals surface area contributed by atoms with Crippen molar-refractivity contribution in [3.63, 3.8) is 0 Å². The molecule has 0 spiro atoms. The fourth-order valence-corrected chi connectivity index (χ4v) is 1.80. The zero-order chi connectivity index (χ0) is 15.1. The maximum atomic E-state index is 11.6. The summed E-state index contributed by atoms with van der Waals surface area (Å²) in [6.07, 6.45) is 1.15. The largest absolute Gasteiger partial charge is 0.668 e. The van der Waals surface area contributed by atoms with Gasteiger partial charge < -0.3 is 20.5 Å². The molecule has 9 heteroatoms. The third-order valence-electron chi connectivity index (χ3n) is 1.50. The molecule has 0 saturated heterocycles. The van der Waals surface area contributed by atoms with Gasteiger partial charge in [-0.15, -0.1) is 6.07 Å². The van der Waals surface area contributed by atoms with Gasteiger partial charge in [0.25, 0.3) is 0 Å². The van der Waals surface area contributed by atoms with Crippen molar-refractivity contribution >= 4 is 22.3 Å². The van der Waals surface area contributed by atoms with Gasteiger partial charge in [0, 0.05) is 63.4 Å². The maximum Gasteiger partial charge on any atom is 0.240 e. The molecule has 1 rings (SSSR count). The number of phenolic OH excluding ortho intramolecular Hbond substituents is 1. The third-order valence-corrected chi connectivity index (χ3v) is 2.75. The van der Waals surface area contributed by atoms with Crippen LogP contribution in [-0.4, -0.2) is 44.8 Å². The number of carbonyl (C=O) groups is 1. The van der Waals surface area contributed by atoms with Gasteiger partial charge in [-0.1, -0.05) is 0 Å². The molecule has 0 fully saturated rings. The van der Waals surface area contributed by atoms with Crippen LogP contribution in [0.5, 0.6) is 5.75 Å². The Morgan fingerprint density at radius 2 is 2.00 bits per heavy atom. The summed E-state index contributed by atoms with van der Waals surface area (Å²) >= 11 is 0. The van der Waals surface area contributed by atoms with E-state index in [1.807, 2.05) is 0 Å². The fraction of sp³-hybridized carbons (Fsp3) is 0.273. The van der Waals surface area contributed by atoms with Crippen molar-refractivity contribution in [1.82, 2.24) is 4.90 Å². The molecule has 2 N–H and O–H groups in total. The average Bonchev–Trinajstić information content (AvgIpc) is 2.26. The monoisotopic (exact) mass is 374 g/mol. The van der Waals surface area contributed by atoms with E-state index >= 15 is 0 Å². The Kier molecular flexibility index (Phi) is 10.5. The first-order chi connectivity index (χ1) is 8.66. The second-order valence-corrected chi connectivity index (χ2v) is 5.21. The van der Waals surface area contributed by atoms with E-state index in [4.69, 9.17) is 10.5 Å². The van der Waals surface area contributed by atoms with Crippen molar-refractivity contribution in [2.45, 2.75) is 11.8 Å². The summed E-state index contributed by atoms with van der Waals surface area (Å²) in [6, 6.07) is 6.42. The van der Waals surface area contributed by atoms with Crippen LogP contribution in [0.25, 0.3) is 5.73 Å². The molecule has 0 aliphatic rings. The molecular formula is C11H15N3O4SY-2. The van der Waals surface area contributed by atoms with Crippen LogP contribution in [0.1, 0.15) is 6.92 Å². The smallest absolute Gasteiger partial charge is 0.240 e. The molecule has 0 aromatic heterocycles. The summed E-state index contributed by atoms with van der Waals surface area (Å²) in [4.78, 5) is 10.4. The van der Waals surface area contributed by atoms with Crippen LogP contribution < -0.4 is 0 Å². The minimum Gasteiger partial charge on any atom is -0.668 e. The normalized spacial score (nSPS) is 10.2. The molecule has 0 aliphatic heterocycles. The van der Waals surface area contributed by atoms with Gasteiger partial charge in [0.15, 0.2) is 0 Å². The molecule has 20 heavy (non-hydrogen) atoms. The van der Waals surface area contributed by atoms with Crippen molar-refractivity contribution in [2.75, 3.05) is 14.1 Å². The number of nitrogens with one attached hydrogen (secondary N) is 1. The zero-order valence-corrected chi connectivity index (χ0v) is 15.0. The van der Waals surface area contributed by atoms with Crippen LogP contribution >= 0.6 is 0 Å². The number of hydrogen-bond donors (Lipinski definition) is 1. The Hall–Kier alpha value is -0.986. The predicted octanol–water partition coefficient (Wildman–Crippen LogP) is 1.05. The molecule has 1 radical (unpaired) electrons. The van der Waals surface area contributed by atoms with Crippen molar-refractivity contribution in [2.24, 2.45) is 4.40 Å². The molecular weight excluding hydrogens is 359 g/mol. The van der Waals surface area contributed by atoms with E-state index in [1.165, 1.54) is 30.0 Å². The Labute approximate surface area is 143 Å². The van der Waals surface area contributed by atoms with Crippen LogP contribution in [0, 0.1) is 6.07 Å². The Morgan fingerprint density at radius 1 is 1.50 bits per heavy atom. The average molecular weight is 374 g/mol. The van der Waals surface area contributed by atoms with Gasteiger partial charge in [-0.05, 0) is 6.92 Å². The molecule has 0 saturated carbocycles. The first-order valence-electron chi connectivity index (χ1n) is 5.05. The van der Waals surface area contributed by atoms with Crippen molar-refractivity contribution < 1.29 is 51.0 Å². The molecule has 0 atom stereocenters. The first kappa shape index (κ1) is 21.3. The number of rotatable bonds is 3. The SMILES string of the molecule is CC([NH-])=O.CN(C)/C=N/S(=O)(=O)c1c[c-]ccc1O.[Y]. The van der Waals surface area contributed by atoms with Crippen LogP contribution in [-0.2, 0) is 47.5 Å². The third kappa shape index (κ3) is 9.00. The van der Waals surface area contributed by atoms with Crippen LogP contribution in [0.15, 0.2) is 27.5 Å². The van der Waals surface area contributed by atoms with Crippen molar-refractivity contribution in [3.8, 4) is 5.75 Å². The number of aromatic hydroxyl groups is 1. The van der Waals surface area contributed by atoms with Crippen molar-refractivity contribution in [3.05, 3.63) is 30.0 Å². The fourth-order valence-electron chi connectivity index (χ4n) is 0.827. The predicted molar refractivity (Wildman–Crippen MR) is 71.3 cm³/mol. The maximum absolute atomic E-state index is 11.6. The van der Waals surface area contributed by atoms with Gasteiger partial charge >= 0.3 is 0 Å². The van der Waals surface area contributed by atoms with Crippen molar-refractivity contribution in [1.29, 1.82) is 0 Å². The molecule has 1 aromatic rings. The minimum atomic E-state index is -3.84. The second kappa shape index (κ2) is 9.85. The molecule has 1 aromatic carbocycles. The summed E-state index contributed by atoms with van der Waals surface area (Å²) in [5.41, 5.74) is 5.94. The number of nitrogens with zero attached hydrogens (tertiary/aromatic N) is 2. The summed E-state index contributed by atoms with van der Waals surface area (Å²) in [5.74, 6) is -0.912. The molecule has 7 nitrogen and oxygen atoms in total. The Balaban J connectivity index is 0. The number of benzene rings is 1. The van der Waals surface area contributed by atoms with Gasteiger partial charge in [0.1, 0.15) is 6.34 Å². The van der Waals surface area contributed by atoms with Gasteiger partial charge in [0.2, 0.25) is 10.0 Å². The van der Waals surface area contributed by atoms with Gasteiger partial charge in [0.05, 0.1) is 0 Å². The number of amides is 1. The summed E-state index contributed by atoms with van der Waals surface area (Å²) in [6.45, 7) is 1.19. The molecule has 0 unspecified atom stereocenters. The first-order valence-corrected chi connectivity index (χ1v) is 6.49.